The summed E-state index contributed by atoms with van der Waals surface area (Å²) in [5, 5.41) is 5.81. The summed E-state index contributed by atoms with van der Waals surface area (Å²) in [6.07, 6.45) is 1.58. The number of benzene rings is 2. The third kappa shape index (κ3) is 7.44. The lowest BCUT2D eigenvalue weighted by Gasteiger charge is -2.15. The van der Waals surface area contributed by atoms with Crippen molar-refractivity contribution >= 4 is 29.0 Å². The SMILES string of the molecule is CN(C)CCNC(=O)c1cc(COc2cccnc2N)cc(NC(=O)c2cccc(N(C)C)c2)c1. The van der Waals surface area contributed by atoms with Gasteiger partial charge in [-0.3, -0.25) is 9.59 Å². The molecular weight excluding hydrogens is 444 g/mol. The minimum absolute atomic E-state index is 0.147. The van der Waals surface area contributed by atoms with Gasteiger partial charge in [0, 0.05) is 55.9 Å². The number of likely N-dealkylation sites (N-methyl/N-ethyl adjacent to an activating group) is 1. The second-order valence-corrected chi connectivity index (χ2v) is 8.55. The first-order valence-electron chi connectivity index (χ1n) is 11.2. The lowest BCUT2D eigenvalue weighted by molar-refractivity contribution is 0.0949. The summed E-state index contributed by atoms with van der Waals surface area (Å²) >= 11 is 0. The number of carbonyl (C=O) groups is 2. The van der Waals surface area contributed by atoms with Crippen LogP contribution in [0.2, 0.25) is 0 Å². The highest BCUT2D eigenvalue weighted by molar-refractivity contribution is 6.05. The number of pyridine rings is 1. The van der Waals surface area contributed by atoms with E-state index in [4.69, 9.17) is 10.5 Å². The van der Waals surface area contributed by atoms with Crippen LogP contribution in [0.3, 0.4) is 0 Å². The van der Waals surface area contributed by atoms with Crippen LogP contribution in [0.15, 0.2) is 60.8 Å². The molecule has 3 rings (SSSR count). The van der Waals surface area contributed by atoms with E-state index in [1.54, 1.807) is 42.6 Å². The summed E-state index contributed by atoms with van der Waals surface area (Å²) in [4.78, 5) is 33.7. The predicted octanol–water partition coefficient (Wildman–Crippen LogP) is 2.85. The zero-order valence-electron chi connectivity index (χ0n) is 20.5. The maximum absolute atomic E-state index is 13.0. The van der Waals surface area contributed by atoms with Crippen LogP contribution in [0.25, 0.3) is 0 Å². The van der Waals surface area contributed by atoms with Gasteiger partial charge in [0.15, 0.2) is 11.6 Å². The van der Waals surface area contributed by atoms with E-state index in [1.807, 2.05) is 56.2 Å². The van der Waals surface area contributed by atoms with Crippen LogP contribution in [0.1, 0.15) is 26.3 Å². The Kier molecular flexibility index (Phi) is 8.63. The maximum Gasteiger partial charge on any atom is 0.255 e. The highest BCUT2D eigenvalue weighted by atomic mass is 16.5. The van der Waals surface area contributed by atoms with Gasteiger partial charge in [-0.15, -0.1) is 0 Å². The van der Waals surface area contributed by atoms with E-state index < -0.39 is 0 Å². The lowest BCUT2D eigenvalue weighted by atomic mass is 10.1. The molecule has 0 saturated carbocycles. The van der Waals surface area contributed by atoms with Gasteiger partial charge in [0.05, 0.1) is 0 Å². The van der Waals surface area contributed by atoms with Crippen molar-refractivity contribution in [1.29, 1.82) is 0 Å². The molecule has 0 aliphatic carbocycles. The zero-order valence-corrected chi connectivity index (χ0v) is 20.5. The van der Waals surface area contributed by atoms with Crippen molar-refractivity contribution in [2.45, 2.75) is 6.61 Å². The Hall–Kier alpha value is -4.11. The fourth-order valence-electron chi connectivity index (χ4n) is 3.29. The van der Waals surface area contributed by atoms with Crippen molar-refractivity contribution in [3.8, 4) is 5.75 Å². The summed E-state index contributed by atoms with van der Waals surface area (Å²) < 4.78 is 5.81. The maximum atomic E-state index is 13.0. The van der Waals surface area contributed by atoms with Gasteiger partial charge < -0.3 is 30.9 Å². The number of nitrogen functional groups attached to an aromatic ring is 1. The molecule has 1 heterocycles. The molecule has 3 aromatic rings. The molecule has 2 amide bonds. The van der Waals surface area contributed by atoms with Crippen molar-refractivity contribution in [2.75, 3.05) is 57.2 Å². The molecule has 2 aromatic carbocycles. The van der Waals surface area contributed by atoms with Gasteiger partial charge in [-0.2, -0.15) is 0 Å². The number of amides is 2. The molecular formula is C26H32N6O3. The summed E-state index contributed by atoms with van der Waals surface area (Å²) in [5.74, 6) is 0.209. The summed E-state index contributed by atoms with van der Waals surface area (Å²) in [6, 6.07) is 15.9. The fourth-order valence-corrected chi connectivity index (χ4v) is 3.29. The van der Waals surface area contributed by atoms with Crippen LogP contribution in [-0.2, 0) is 6.61 Å². The molecule has 0 radical (unpaired) electrons. The third-order valence-corrected chi connectivity index (χ3v) is 5.18. The Balaban J connectivity index is 1.83. The predicted molar refractivity (Wildman–Crippen MR) is 139 cm³/mol. The Bertz CT molecular complexity index is 1180. The molecule has 0 spiro atoms. The fraction of sp³-hybridized carbons (Fsp3) is 0.269. The van der Waals surface area contributed by atoms with Crippen LogP contribution in [0.5, 0.6) is 5.75 Å². The molecule has 0 aliphatic rings. The van der Waals surface area contributed by atoms with Crippen molar-refractivity contribution in [3.05, 3.63) is 77.5 Å². The van der Waals surface area contributed by atoms with E-state index in [0.717, 1.165) is 5.69 Å². The van der Waals surface area contributed by atoms with Gasteiger partial charge in [-0.25, -0.2) is 4.98 Å². The Morgan fingerprint density at radius 1 is 0.971 bits per heavy atom. The second kappa shape index (κ2) is 11.8. The molecule has 9 nitrogen and oxygen atoms in total. The van der Waals surface area contributed by atoms with Gasteiger partial charge in [0.2, 0.25) is 0 Å². The zero-order chi connectivity index (χ0) is 25.4. The number of anilines is 3. The van der Waals surface area contributed by atoms with Crippen LogP contribution >= 0.6 is 0 Å². The average molecular weight is 477 g/mol. The number of rotatable bonds is 10. The molecule has 0 atom stereocenters. The topological polar surface area (TPSA) is 113 Å². The van der Waals surface area contributed by atoms with Crippen LogP contribution in [0.4, 0.5) is 17.2 Å². The van der Waals surface area contributed by atoms with E-state index in [0.29, 0.717) is 41.2 Å². The normalized spacial score (nSPS) is 10.7. The van der Waals surface area contributed by atoms with Crippen molar-refractivity contribution in [1.82, 2.24) is 15.2 Å². The molecule has 35 heavy (non-hydrogen) atoms. The van der Waals surface area contributed by atoms with Crippen LogP contribution < -0.4 is 26.0 Å². The molecule has 0 bridgehead atoms. The first kappa shape index (κ1) is 25.5. The van der Waals surface area contributed by atoms with E-state index in [-0.39, 0.29) is 24.2 Å². The first-order valence-corrected chi connectivity index (χ1v) is 11.2. The van der Waals surface area contributed by atoms with Gasteiger partial charge >= 0.3 is 0 Å². The van der Waals surface area contributed by atoms with Gasteiger partial charge in [0.1, 0.15) is 6.61 Å². The van der Waals surface area contributed by atoms with Gasteiger partial charge in [0.25, 0.3) is 11.8 Å². The lowest BCUT2D eigenvalue weighted by Crippen LogP contribution is -2.31. The number of carbonyl (C=O) groups excluding carboxylic acids is 2. The summed E-state index contributed by atoms with van der Waals surface area (Å²) in [6.45, 7) is 1.35. The molecule has 4 N–H and O–H groups in total. The smallest absolute Gasteiger partial charge is 0.255 e. The molecule has 0 unspecified atom stereocenters. The Morgan fingerprint density at radius 2 is 1.77 bits per heavy atom. The number of nitrogens with zero attached hydrogens (tertiary/aromatic N) is 3. The monoisotopic (exact) mass is 476 g/mol. The number of aromatic nitrogens is 1. The molecule has 0 aliphatic heterocycles. The minimum Gasteiger partial charge on any atom is -0.485 e. The van der Waals surface area contributed by atoms with Crippen molar-refractivity contribution < 1.29 is 14.3 Å². The van der Waals surface area contributed by atoms with Crippen molar-refractivity contribution in [2.24, 2.45) is 0 Å². The highest BCUT2D eigenvalue weighted by Crippen LogP contribution is 2.22. The van der Waals surface area contributed by atoms with Crippen molar-refractivity contribution in [3.63, 3.8) is 0 Å². The molecule has 9 heteroatoms. The highest BCUT2D eigenvalue weighted by Gasteiger charge is 2.13. The number of nitrogens with two attached hydrogens (primary N) is 1. The van der Waals surface area contributed by atoms with E-state index in [9.17, 15) is 9.59 Å². The van der Waals surface area contributed by atoms with E-state index in [1.165, 1.54) is 0 Å². The van der Waals surface area contributed by atoms with E-state index in [2.05, 4.69) is 15.6 Å². The second-order valence-electron chi connectivity index (χ2n) is 8.55. The molecule has 1 aromatic heterocycles. The van der Waals surface area contributed by atoms with Crippen LogP contribution in [0, 0.1) is 0 Å². The Labute approximate surface area is 205 Å². The number of hydrogen-bond donors (Lipinski definition) is 3. The standard InChI is InChI=1S/C26H32N6O3/c1-31(2)12-11-29-25(33)20-13-18(17-35-23-9-6-10-28-24(23)27)14-21(15-20)30-26(34)19-7-5-8-22(16-19)32(3)4/h5-10,13-16H,11-12,17H2,1-4H3,(H2,27,28)(H,29,33)(H,30,34). The molecule has 0 saturated heterocycles. The average Bonchev–Trinajstić information content (AvgIpc) is 2.83. The minimum atomic E-state index is -0.276. The largest absolute Gasteiger partial charge is 0.485 e. The molecule has 0 fully saturated rings. The Morgan fingerprint density at radius 3 is 2.49 bits per heavy atom. The van der Waals surface area contributed by atoms with Gasteiger partial charge in [-0.1, -0.05) is 6.07 Å². The summed E-state index contributed by atoms with van der Waals surface area (Å²) in [7, 11) is 7.70. The van der Waals surface area contributed by atoms with Gasteiger partial charge in [-0.05, 0) is 68.2 Å². The number of nitrogens with one attached hydrogen (secondary N) is 2. The number of ether oxygens (including phenoxy) is 1. The molecule has 184 valence electrons. The quantitative estimate of drug-likeness (QED) is 0.412. The third-order valence-electron chi connectivity index (χ3n) is 5.18. The first-order chi connectivity index (χ1) is 16.7. The van der Waals surface area contributed by atoms with E-state index >= 15 is 0 Å². The number of hydrogen-bond acceptors (Lipinski definition) is 7. The summed E-state index contributed by atoms with van der Waals surface area (Å²) in [5.41, 5.74) is 8.90. The van der Waals surface area contributed by atoms with Crippen LogP contribution in [-0.4, -0.2) is 63.0 Å².